The van der Waals surface area contributed by atoms with E-state index >= 15 is 0 Å². The van der Waals surface area contributed by atoms with Gasteiger partial charge in [-0.3, -0.25) is 0 Å². The molecule has 0 amide bonds. The fraction of sp³-hybridized carbons (Fsp3) is 0.467. The maximum absolute atomic E-state index is 5.59. The number of benzene rings is 1. The van der Waals surface area contributed by atoms with Gasteiger partial charge in [0.1, 0.15) is 12.4 Å². The standard InChI is InChI=1S/C15H19NO/c1-2-4-12(5-3-1)10-13-6-7-15-14(11-13)16-8-9-17-15/h6-7,10-11,16H,1-5,8-9H2. The number of allylic oxidation sites excluding steroid dienone is 1. The summed E-state index contributed by atoms with van der Waals surface area (Å²) >= 11 is 0. The highest BCUT2D eigenvalue weighted by molar-refractivity contribution is 5.66. The van der Waals surface area contributed by atoms with Crippen LogP contribution in [-0.2, 0) is 0 Å². The number of hydrogen-bond donors (Lipinski definition) is 1. The highest BCUT2D eigenvalue weighted by Gasteiger charge is 2.10. The first-order valence-electron chi connectivity index (χ1n) is 6.62. The zero-order chi connectivity index (χ0) is 11.5. The van der Waals surface area contributed by atoms with Crippen LogP contribution in [0.25, 0.3) is 6.08 Å². The SMILES string of the molecule is C(=C1CCCCC1)c1ccc2c(c1)NCCO2. The van der Waals surface area contributed by atoms with Crippen LogP contribution in [0.15, 0.2) is 23.8 Å². The van der Waals surface area contributed by atoms with Gasteiger partial charge in [-0.1, -0.05) is 24.1 Å². The second kappa shape index (κ2) is 4.82. The molecule has 1 heterocycles. The van der Waals surface area contributed by atoms with Crippen molar-refractivity contribution in [3.05, 3.63) is 29.3 Å². The van der Waals surface area contributed by atoms with Gasteiger partial charge in [0.05, 0.1) is 5.69 Å². The molecule has 1 saturated carbocycles. The normalized spacial score (nSPS) is 18.9. The van der Waals surface area contributed by atoms with Crippen molar-refractivity contribution >= 4 is 11.8 Å². The Balaban J connectivity index is 1.83. The first kappa shape index (κ1) is 10.7. The Morgan fingerprint density at radius 3 is 2.88 bits per heavy atom. The van der Waals surface area contributed by atoms with Crippen LogP contribution < -0.4 is 10.1 Å². The maximum Gasteiger partial charge on any atom is 0.142 e. The number of fused-ring (bicyclic) bond motifs is 1. The van der Waals surface area contributed by atoms with Crippen LogP contribution in [0, 0.1) is 0 Å². The minimum Gasteiger partial charge on any atom is -0.490 e. The molecule has 0 saturated heterocycles. The Hall–Kier alpha value is -1.44. The molecule has 1 N–H and O–H groups in total. The van der Waals surface area contributed by atoms with Crippen molar-refractivity contribution in [2.75, 3.05) is 18.5 Å². The van der Waals surface area contributed by atoms with E-state index in [4.69, 9.17) is 4.74 Å². The molecule has 0 atom stereocenters. The lowest BCUT2D eigenvalue weighted by atomic mass is 9.93. The highest BCUT2D eigenvalue weighted by Crippen LogP contribution is 2.30. The van der Waals surface area contributed by atoms with Crippen molar-refractivity contribution in [1.29, 1.82) is 0 Å². The van der Waals surface area contributed by atoms with Crippen molar-refractivity contribution < 1.29 is 4.74 Å². The second-order valence-electron chi connectivity index (χ2n) is 4.89. The average molecular weight is 229 g/mol. The predicted molar refractivity (Wildman–Crippen MR) is 71.5 cm³/mol. The second-order valence-corrected chi connectivity index (χ2v) is 4.89. The van der Waals surface area contributed by atoms with Crippen molar-refractivity contribution in [3.8, 4) is 5.75 Å². The Kier molecular flexibility index (Phi) is 3.04. The van der Waals surface area contributed by atoms with E-state index in [1.54, 1.807) is 5.57 Å². The third-order valence-electron chi connectivity index (χ3n) is 3.55. The number of rotatable bonds is 1. The summed E-state index contributed by atoms with van der Waals surface area (Å²) in [5, 5.41) is 3.39. The number of anilines is 1. The first-order valence-corrected chi connectivity index (χ1v) is 6.62. The molecular formula is C15H19NO. The molecule has 1 aliphatic heterocycles. The lowest BCUT2D eigenvalue weighted by molar-refractivity contribution is 0.323. The Morgan fingerprint density at radius 1 is 1.12 bits per heavy atom. The Morgan fingerprint density at radius 2 is 2.00 bits per heavy atom. The van der Waals surface area contributed by atoms with E-state index in [0.717, 1.165) is 24.6 Å². The summed E-state index contributed by atoms with van der Waals surface area (Å²) in [4.78, 5) is 0. The van der Waals surface area contributed by atoms with Crippen molar-refractivity contribution in [3.63, 3.8) is 0 Å². The zero-order valence-corrected chi connectivity index (χ0v) is 10.2. The van der Waals surface area contributed by atoms with E-state index in [1.807, 2.05) is 0 Å². The van der Waals surface area contributed by atoms with E-state index in [9.17, 15) is 0 Å². The van der Waals surface area contributed by atoms with Crippen LogP contribution in [0.2, 0.25) is 0 Å². The minimum atomic E-state index is 0.771. The summed E-state index contributed by atoms with van der Waals surface area (Å²) in [7, 11) is 0. The van der Waals surface area contributed by atoms with Crippen LogP contribution >= 0.6 is 0 Å². The lowest BCUT2D eigenvalue weighted by Gasteiger charge is -2.19. The number of hydrogen-bond acceptors (Lipinski definition) is 2. The number of ether oxygens (including phenoxy) is 1. The summed E-state index contributed by atoms with van der Waals surface area (Å²) in [5.74, 6) is 0.988. The molecule has 3 rings (SSSR count). The van der Waals surface area contributed by atoms with Crippen molar-refractivity contribution in [1.82, 2.24) is 0 Å². The molecule has 2 heteroatoms. The zero-order valence-electron chi connectivity index (χ0n) is 10.2. The molecule has 0 unspecified atom stereocenters. The molecule has 90 valence electrons. The van der Waals surface area contributed by atoms with Gasteiger partial charge >= 0.3 is 0 Å². The highest BCUT2D eigenvalue weighted by atomic mass is 16.5. The summed E-state index contributed by atoms with van der Waals surface area (Å²) < 4.78 is 5.59. The molecule has 0 bridgehead atoms. The van der Waals surface area contributed by atoms with Crippen LogP contribution in [0.1, 0.15) is 37.7 Å². The monoisotopic (exact) mass is 229 g/mol. The largest absolute Gasteiger partial charge is 0.490 e. The first-order chi connectivity index (χ1) is 8.42. The molecule has 0 aromatic heterocycles. The van der Waals surface area contributed by atoms with Gasteiger partial charge in [-0.25, -0.2) is 0 Å². The molecule has 1 aliphatic carbocycles. The summed E-state index contributed by atoms with van der Waals surface area (Å²) in [6.45, 7) is 1.68. The molecular weight excluding hydrogens is 210 g/mol. The van der Waals surface area contributed by atoms with Gasteiger partial charge in [0, 0.05) is 6.54 Å². The summed E-state index contributed by atoms with van der Waals surface area (Å²) in [5.41, 5.74) is 4.05. The van der Waals surface area contributed by atoms with E-state index in [-0.39, 0.29) is 0 Å². The predicted octanol–water partition coefficient (Wildman–Crippen LogP) is 3.84. The van der Waals surface area contributed by atoms with Gasteiger partial charge < -0.3 is 10.1 Å². The van der Waals surface area contributed by atoms with Gasteiger partial charge in [-0.2, -0.15) is 0 Å². The van der Waals surface area contributed by atoms with E-state index in [2.05, 4.69) is 29.6 Å². The summed E-state index contributed by atoms with van der Waals surface area (Å²) in [6.07, 6.45) is 9.03. The molecule has 1 aromatic rings. The topological polar surface area (TPSA) is 21.3 Å². The molecule has 0 spiro atoms. The Labute approximate surface area is 103 Å². The van der Waals surface area contributed by atoms with E-state index in [0.29, 0.717) is 0 Å². The van der Waals surface area contributed by atoms with E-state index < -0.39 is 0 Å². The molecule has 2 nitrogen and oxygen atoms in total. The molecule has 2 aliphatic rings. The fourth-order valence-corrected chi connectivity index (χ4v) is 2.63. The minimum absolute atomic E-state index is 0.771. The third-order valence-corrected chi connectivity index (χ3v) is 3.55. The van der Waals surface area contributed by atoms with Gasteiger partial charge in [0.2, 0.25) is 0 Å². The third kappa shape index (κ3) is 2.46. The van der Waals surface area contributed by atoms with Gasteiger partial charge in [0.15, 0.2) is 0 Å². The molecule has 1 aromatic carbocycles. The van der Waals surface area contributed by atoms with Crippen LogP contribution in [0.4, 0.5) is 5.69 Å². The van der Waals surface area contributed by atoms with Crippen LogP contribution in [0.3, 0.4) is 0 Å². The van der Waals surface area contributed by atoms with Gasteiger partial charge in [0.25, 0.3) is 0 Å². The average Bonchev–Trinajstić information content (AvgIpc) is 2.40. The fourth-order valence-electron chi connectivity index (χ4n) is 2.63. The maximum atomic E-state index is 5.59. The molecule has 1 fully saturated rings. The molecule has 17 heavy (non-hydrogen) atoms. The molecule has 0 radical (unpaired) electrons. The van der Waals surface area contributed by atoms with E-state index in [1.165, 1.54) is 37.7 Å². The Bertz CT molecular complexity index is 429. The van der Waals surface area contributed by atoms with Crippen LogP contribution in [0.5, 0.6) is 5.75 Å². The number of nitrogens with one attached hydrogen (secondary N) is 1. The smallest absolute Gasteiger partial charge is 0.142 e. The summed E-state index contributed by atoms with van der Waals surface area (Å²) in [6, 6.07) is 6.44. The quantitative estimate of drug-likeness (QED) is 0.790. The van der Waals surface area contributed by atoms with Crippen molar-refractivity contribution in [2.45, 2.75) is 32.1 Å². The van der Waals surface area contributed by atoms with Crippen LogP contribution in [-0.4, -0.2) is 13.2 Å². The lowest BCUT2D eigenvalue weighted by Crippen LogP contribution is -2.17. The van der Waals surface area contributed by atoms with Gasteiger partial charge in [-0.05, 0) is 43.4 Å². The van der Waals surface area contributed by atoms with Gasteiger partial charge in [-0.15, -0.1) is 0 Å². The van der Waals surface area contributed by atoms with Crippen molar-refractivity contribution in [2.24, 2.45) is 0 Å².